The number of nitro groups is 1. The van der Waals surface area contributed by atoms with Crippen molar-refractivity contribution in [3.8, 4) is 22.8 Å². The Morgan fingerprint density at radius 1 is 1.17 bits per heavy atom. The summed E-state index contributed by atoms with van der Waals surface area (Å²) in [5.74, 6) is 0.813. The molecule has 0 saturated heterocycles. The highest BCUT2D eigenvalue weighted by Crippen LogP contribution is 2.27. The van der Waals surface area contributed by atoms with E-state index < -0.39 is 10.8 Å². The molecule has 0 radical (unpaired) electrons. The zero-order chi connectivity index (χ0) is 21.1. The fraction of sp³-hybridized carbons (Fsp3) is 0.105. The number of carbonyl (C=O) groups is 1. The minimum Gasteiger partial charge on any atom is -0.497 e. The standard InChI is InChI=1S/C19H15N5O5S/c1-28-14-6-2-12(3-7-14)16-11-30-19-21-18(22-23(16)19)20-17(25)10-29-15-8-4-13(5-9-15)24(26)27/h2-9,11H,10H2,1H3,(H,20,22,25). The lowest BCUT2D eigenvalue weighted by Gasteiger charge is -2.05. The molecule has 4 aromatic rings. The number of anilines is 1. The van der Waals surface area contributed by atoms with Crippen LogP contribution in [0.5, 0.6) is 11.5 Å². The molecule has 11 heteroatoms. The van der Waals surface area contributed by atoms with Crippen molar-refractivity contribution in [2.45, 2.75) is 0 Å². The lowest BCUT2D eigenvalue weighted by molar-refractivity contribution is -0.384. The van der Waals surface area contributed by atoms with Gasteiger partial charge in [-0.15, -0.1) is 16.4 Å². The molecule has 30 heavy (non-hydrogen) atoms. The quantitative estimate of drug-likeness (QED) is 0.356. The van der Waals surface area contributed by atoms with Crippen LogP contribution in [0.1, 0.15) is 0 Å². The first-order chi connectivity index (χ1) is 14.5. The topological polar surface area (TPSA) is 121 Å². The van der Waals surface area contributed by atoms with Crippen LogP contribution < -0.4 is 14.8 Å². The summed E-state index contributed by atoms with van der Waals surface area (Å²) in [7, 11) is 1.61. The zero-order valence-electron chi connectivity index (χ0n) is 15.6. The van der Waals surface area contributed by atoms with E-state index in [0.29, 0.717) is 10.7 Å². The number of hydrogen-bond donors (Lipinski definition) is 1. The van der Waals surface area contributed by atoms with Crippen LogP contribution in [0, 0.1) is 10.1 Å². The number of aromatic nitrogens is 3. The summed E-state index contributed by atoms with van der Waals surface area (Å²) in [6.45, 7) is -0.282. The highest BCUT2D eigenvalue weighted by molar-refractivity contribution is 7.15. The molecule has 0 spiro atoms. The third-order valence-corrected chi connectivity index (χ3v) is 4.95. The van der Waals surface area contributed by atoms with E-state index >= 15 is 0 Å². The number of carbonyl (C=O) groups excluding carboxylic acids is 1. The van der Waals surface area contributed by atoms with Gasteiger partial charge in [-0.2, -0.15) is 4.98 Å². The number of nitro benzene ring substituents is 1. The van der Waals surface area contributed by atoms with Crippen LogP contribution in [0.15, 0.2) is 53.9 Å². The second kappa shape index (κ2) is 8.17. The number of benzene rings is 2. The molecule has 0 aliphatic rings. The van der Waals surface area contributed by atoms with Crippen molar-refractivity contribution in [2.75, 3.05) is 19.0 Å². The fourth-order valence-electron chi connectivity index (χ4n) is 2.67. The Balaban J connectivity index is 1.41. The van der Waals surface area contributed by atoms with Gasteiger partial charge in [-0.3, -0.25) is 20.2 Å². The van der Waals surface area contributed by atoms with Crippen LogP contribution in [0.2, 0.25) is 0 Å². The molecular weight excluding hydrogens is 410 g/mol. The van der Waals surface area contributed by atoms with Gasteiger partial charge in [-0.1, -0.05) is 0 Å². The maximum atomic E-state index is 12.1. The van der Waals surface area contributed by atoms with Crippen molar-refractivity contribution in [1.29, 1.82) is 0 Å². The van der Waals surface area contributed by atoms with E-state index in [1.165, 1.54) is 35.6 Å². The normalized spacial score (nSPS) is 10.7. The molecule has 4 rings (SSSR count). The van der Waals surface area contributed by atoms with Crippen LogP contribution in [0.3, 0.4) is 0 Å². The van der Waals surface area contributed by atoms with Gasteiger partial charge in [0.25, 0.3) is 17.5 Å². The van der Waals surface area contributed by atoms with E-state index in [4.69, 9.17) is 9.47 Å². The van der Waals surface area contributed by atoms with Crippen molar-refractivity contribution in [3.63, 3.8) is 0 Å². The summed E-state index contributed by atoms with van der Waals surface area (Å²) in [6, 6.07) is 13.0. The second-order valence-corrected chi connectivity index (χ2v) is 6.90. The molecule has 0 bridgehead atoms. The molecule has 152 valence electrons. The molecule has 0 unspecified atom stereocenters. The van der Waals surface area contributed by atoms with Gasteiger partial charge in [0.15, 0.2) is 6.61 Å². The molecule has 2 aromatic heterocycles. The molecule has 0 atom stereocenters. The van der Waals surface area contributed by atoms with E-state index in [9.17, 15) is 14.9 Å². The fourth-order valence-corrected chi connectivity index (χ4v) is 3.50. The van der Waals surface area contributed by atoms with E-state index in [0.717, 1.165) is 17.0 Å². The Labute approximate surface area is 173 Å². The number of fused-ring (bicyclic) bond motifs is 1. The molecule has 2 heterocycles. The van der Waals surface area contributed by atoms with Crippen molar-refractivity contribution < 1.29 is 19.2 Å². The van der Waals surface area contributed by atoms with E-state index in [-0.39, 0.29) is 18.2 Å². The number of ether oxygens (including phenoxy) is 2. The third kappa shape index (κ3) is 4.05. The zero-order valence-corrected chi connectivity index (χ0v) is 16.5. The third-order valence-electron chi connectivity index (χ3n) is 4.14. The van der Waals surface area contributed by atoms with Crippen LogP contribution in [0.4, 0.5) is 11.6 Å². The van der Waals surface area contributed by atoms with Gasteiger partial charge in [0.05, 0.1) is 17.7 Å². The number of rotatable bonds is 7. The first kappa shape index (κ1) is 19.3. The smallest absolute Gasteiger partial charge is 0.269 e. The number of hydrogen-bond acceptors (Lipinski definition) is 8. The molecule has 10 nitrogen and oxygen atoms in total. The van der Waals surface area contributed by atoms with Crippen LogP contribution >= 0.6 is 11.3 Å². The highest BCUT2D eigenvalue weighted by Gasteiger charge is 2.14. The number of methoxy groups -OCH3 is 1. The predicted octanol–water partition coefficient (Wildman–Crippen LogP) is 3.39. The molecule has 1 N–H and O–H groups in total. The summed E-state index contributed by atoms with van der Waals surface area (Å²) in [6.07, 6.45) is 0. The second-order valence-electron chi connectivity index (χ2n) is 6.07. The van der Waals surface area contributed by atoms with Crippen LogP contribution in [0.25, 0.3) is 16.2 Å². The summed E-state index contributed by atoms with van der Waals surface area (Å²) >= 11 is 1.40. The number of nitrogens with one attached hydrogen (secondary N) is 1. The summed E-state index contributed by atoms with van der Waals surface area (Å²) < 4.78 is 12.2. The molecule has 0 aliphatic carbocycles. The lowest BCUT2D eigenvalue weighted by atomic mass is 10.2. The Hall–Kier alpha value is -3.99. The van der Waals surface area contributed by atoms with Crippen LogP contribution in [-0.4, -0.2) is 39.1 Å². The van der Waals surface area contributed by atoms with Gasteiger partial charge >= 0.3 is 0 Å². The van der Waals surface area contributed by atoms with Crippen molar-refractivity contribution >= 4 is 33.8 Å². The molecule has 1 amide bonds. The predicted molar refractivity (Wildman–Crippen MR) is 110 cm³/mol. The first-order valence-electron chi connectivity index (χ1n) is 8.69. The minimum atomic E-state index is -0.507. The van der Waals surface area contributed by atoms with E-state index in [1.807, 2.05) is 29.6 Å². The minimum absolute atomic E-state index is 0.0539. The van der Waals surface area contributed by atoms with E-state index in [1.54, 1.807) is 11.6 Å². The van der Waals surface area contributed by atoms with Gasteiger partial charge in [-0.25, -0.2) is 4.52 Å². The average molecular weight is 425 g/mol. The number of nitrogens with zero attached hydrogens (tertiary/aromatic N) is 4. The summed E-state index contributed by atoms with van der Waals surface area (Å²) in [5.41, 5.74) is 1.72. The molecule has 0 fully saturated rings. The van der Waals surface area contributed by atoms with Gasteiger partial charge in [0.2, 0.25) is 4.96 Å². The monoisotopic (exact) mass is 425 g/mol. The number of non-ortho nitro benzene ring substituents is 1. The first-order valence-corrected chi connectivity index (χ1v) is 9.57. The Bertz CT molecular complexity index is 1200. The Morgan fingerprint density at radius 2 is 1.87 bits per heavy atom. The van der Waals surface area contributed by atoms with Crippen molar-refractivity contribution in [3.05, 3.63) is 64.0 Å². The molecular formula is C19H15N5O5S. The largest absolute Gasteiger partial charge is 0.497 e. The van der Waals surface area contributed by atoms with Gasteiger partial charge in [0, 0.05) is 23.1 Å². The number of thiazole rings is 1. The van der Waals surface area contributed by atoms with Crippen molar-refractivity contribution in [1.82, 2.24) is 14.6 Å². The average Bonchev–Trinajstić information content (AvgIpc) is 3.33. The maximum Gasteiger partial charge on any atom is 0.269 e. The number of amides is 1. The summed E-state index contributed by atoms with van der Waals surface area (Å²) in [4.78, 5) is 27.2. The van der Waals surface area contributed by atoms with E-state index in [2.05, 4.69) is 15.4 Å². The summed E-state index contributed by atoms with van der Waals surface area (Å²) in [5, 5.41) is 19.5. The SMILES string of the molecule is COc1ccc(-c2csc3nc(NC(=O)COc4ccc([N+](=O)[O-])cc4)nn23)cc1. The van der Waals surface area contributed by atoms with Gasteiger partial charge in [0.1, 0.15) is 11.5 Å². The molecule has 0 aliphatic heterocycles. The van der Waals surface area contributed by atoms with Gasteiger partial charge < -0.3 is 9.47 Å². The Morgan fingerprint density at radius 3 is 2.53 bits per heavy atom. The van der Waals surface area contributed by atoms with Gasteiger partial charge in [-0.05, 0) is 36.4 Å². The molecule has 2 aromatic carbocycles. The maximum absolute atomic E-state index is 12.1. The Kier molecular flexibility index (Phi) is 5.26. The van der Waals surface area contributed by atoms with Crippen molar-refractivity contribution in [2.24, 2.45) is 0 Å². The lowest BCUT2D eigenvalue weighted by Crippen LogP contribution is -2.20. The molecule has 0 saturated carbocycles. The van der Waals surface area contributed by atoms with Crippen LogP contribution in [-0.2, 0) is 4.79 Å². The highest BCUT2D eigenvalue weighted by atomic mass is 32.1.